The van der Waals surface area contributed by atoms with Crippen LogP contribution < -0.4 is 11.1 Å². The average molecular weight is 385 g/mol. The van der Waals surface area contributed by atoms with Crippen LogP contribution in [0.3, 0.4) is 0 Å². The van der Waals surface area contributed by atoms with Gasteiger partial charge in [-0.15, -0.1) is 0 Å². The number of nitrogens with one attached hydrogen (secondary N) is 1. The third-order valence-corrected chi connectivity index (χ3v) is 4.17. The van der Waals surface area contributed by atoms with Gasteiger partial charge in [0.05, 0.1) is 5.52 Å². The second-order valence-electron chi connectivity index (χ2n) is 7.76. The Morgan fingerprint density at radius 3 is 2.61 bits per heavy atom. The predicted molar refractivity (Wildman–Crippen MR) is 108 cm³/mol. The van der Waals surface area contributed by atoms with E-state index in [4.69, 9.17) is 10.5 Å². The lowest BCUT2D eigenvalue weighted by atomic mass is 9.93. The van der Waals surface area contributed by atoms with E-state index < -0.39 is 17.4 Å². The molecule has 1 amide bonds. The van der Waals surface area contributed by atoms with Crippen molar-refractivity contribution in [1.82, 2.24) is 4.98 Å². The Bertz CT molecular complexity index is 887. The average Bonchev–Trinajstić information content (AvgIpc) is 2.59. The van der Waals surface area contributed by atoms with Crippen LogP contribution in [0.1, 0.15) is 50.8 Å². The van der Waals surface area contributed by atoms with Gasteiger partial charge in [0.2, 0.25) is 5.91 Å². The van der Waals surface area contributed by atoms with Crippen LogP contribution in [0.25, 0.3) is 10.9 Å². The van der Waals surface area contributed by atoms with Crippen LogP contribution in [-0.2, 0) is 19.1 Å². The zero-order chi connectivity index (χ0) is 20.9. The maximum absolute atomic E-state index is 11.9. The summed E-state index contributed by atoms with van der Waals surface area (Å²) in [5, 5.41) is 3.88. The smallest absolute Gasteiger partial charge is 0.325 e. The molecule has 1 heterocycles. The van der Waals surface area contributed by atoms with E-state index in [-0.39, 0.29) is 18.9 Å². The van der Waals surface area contributed by atoms with Crippen molar-refractivity contribution in [3.05, 3.63) is 35.5 Å². The van der Waals surface area contributed by atoms with Crippen molar-refractivity contribution < 1.29 is 19.1 Å². The van der Waals surface area contributed by atoms with Crippen LogP contribution in [0.15, 0.2) is 24.3 Å². The van der Waals surface area contributed by atoms with Crippen molar-refractivity contribution in [3.8, 4) is 0 Å². The van der Waals surface area contributed by atoms with Gasteiger partial charge in [-0.1, -0.05) is 0 Å². The zero-order valence-electron chi connectivity index (χ0n) is 16.7. The van der Waals surface area contributed by atoms with Gasteiger partial charge < -0.3 is 20.6 Å². The summed E-state index contributed by atoms with van der Waals surface area (Å²) in [6.45, 7) is 7.34. The molecule has 7 nitrogen and oxygen atoms in total. The van der Waals surface area contributed by atoms with Gasteiger partial charge in [0.15, 0.2) is 0 Å². The molecule has 0 aliphatic heterocycles. The fourth-order valence-electron chi connectivity index (χ4n) is 2.92. The number of rotatable bonds is 8. The quantitative estimate of drug-likeness (QED) is 0.534. The standard InChI is InChI=1S/C21H27N3O4/c1-13-17(14(12-25)5-8-19(22)26)10-15-9-16(6-7-18(15)24-13)23-11-20(27)28-21(2,3)4/h6-7,9-10,12,14,23H,5,8,11H2,1-4H3,(H2,22,26). The van der Waals surface area contributed by atoms with Crippen molar-refractivity contribution in [2.45, 2.75) is 52.1 Å². The molecule has 3 N–H and O–H groups in total. The van der Waals surface area contributed by atoms with Crippen LogP contribution in [-0.4, -0.2) is 35.3 Å². The lowest BCUT2D eigenvalue weighted by molar-refractivity contribution is -0.152. The zero-order valence-corrected chi connectivity index (χ0v) is 16.7. The van der Waals surface area contributed by atoms with Gasteiger partial charge in [-0.25, -0.2) is 0 Å². The molecule has 0 spiro atoms. The van der Waals surface area contributed by atoms with Gasteiger partial charge in [-0.05, 0) is 63.9 Å². The molecule has 1 aromatic carbocycles. The molecular weight excluding hydrogens is 358 g/mol. The molecular formula is C21H27N3O4. The summed E-state index contributed by atoms with van der Waals surface area (Å²) in [4.78, 5) is 39.0. The summed E-state index contributed by atoms with van der Waals surface area (Å²) in [6, 6.07) is 7.45. The number of benzene rings is 1. The van der Waals surface area contributed by atoms with Gasteiger partial charge in [-0.3, -0.25) is 14.6 Å². The molecule has 1 atom stereocenters. The topological polar surface area (TPSA) is 111 Å². The minimum Gasteiger partial charge on any atom is -0.459 e. The van der Waals surface area contributed by atoms with E-state index in [2.05, 4.69) is 10.3 Å². The van der Waals surface area contributed by atoms with Gasteiger partial charge in [0.1, 0.15) is 18.4 Å². The Balaban J connectivity index is 2.22. The summed E-state index contributed by atoms with van der Waals surface area (Å²) in [5.41, 5.74) is 7.70. The third kappa shape index (κ3) is 6.04. The molecule has 2 aromatic rings. The number of carbonyl (C=O) groups excluding carboxylic acids is 3. The van der Waals surface area contributed by atoms with Crippen molar-refractivity contribution >= 4 is 34.8 Å². The van der Waals surface area contributed by atoms with E-state index in [0.717, 1.165) is 34.1 Å². The minimum atomic E-state index is -0.534. The van der Waals surface area contributed by atoms with Gasteiger partial charge >= 0.3 is 5.97 Å². The molecule has 0 saturated carbocycles. The predicted octanol–water partition coefficient (Wildman–Crippen LogP) is 2.84. The number of fused-ring (bicyclic) bond motifs is 1. The number of nitrogens with zero attached hydrogens (tertiary/aromatic N) is 1. The van der Waals surface area contributed by atoms with E-state index in [1.807, 2.05) is 52.0 Å². The number of anilines is 1. The highest BCUT2D eigenvalue weighted by Crippen LogP contribution is 2.27. The number of amides is 1. The molecule has 0 aliphatic rings. The fraction of sp³-hybridized carbons (Fsp3) is 0.429. The Hall–Kier alpha value is -2.96. The van der Waals surface area contributed by atoms with E-state index in [9.17, 15) is 14.4 Å². The molecule has 1 aromatic heterocycles. The van der Waals surface area contributed by atoms with Crippen LogP contribution in [0.4, 0.5) is 5.69 Å². The van der Waals surface area contributed by atoms with E-state index in [0.29, 0.717) is 6.42 Å². The molecule has 2 rings (SSSR count). The molecule has 0 fully saturated rings. The fourth-order valence-corrected chi connectivity index (χ4v) is 2.92. The van der Waals surface area contributed by atoms with Crippen molar-refractivity contribution in [2.24, 2.45) is 5.73 Å². The highest BCUT2D eigenvalue weighted by Gasteiger charge is 2.17. The molecule has 0 bridgehead atoms. The number of esters is 1. The number of aryl methyl sites for hydroxylation is 1. The van der Waals surface area contributed by atoms with Crippen LogP contribution in [0, 0.1) is 6.92 Å². The van der Waals surface area contributed by atoms with Crippen molar-refractivity contribution in [1.29, 1.82) is 0 Å². The summed E-state index contributed by atoms with van der Waals surface area (Å²) in [7, 11) is 0. The number of aldehydes is 1. The molecule has 0 aliphatic carbocycles. The molecule has 0 saturated heterocycles. The Morgan fingerprint density at radius 2 is 2.00 bits per heavy atom. The Morgan fingerprint density at radius 1 is 1.29 bits per heavy atom. The summed E-state index contributed by atoms with van der Waals surface area (Å²) in [5.74, 6) is -1.22. The molecule has 0 radical (unpaired) electrons. The summed E-state index contributed by atoms with van der Waals surface area (Å²) >= 11 is 0. The van der Waals surface area contributed by atoms with E-state index in [1.165, 1.54) is 0 Å². The Labute approximate surface area is 164 Å². The molecule has 28 heavy (non-hydrogen) atoms. The lowest BCUT2D eigenvalue weighted by Crippen LogP contribution is -2.28. The van der Waals surface area contributed by atoms with Crippen LogP contribution in [0.2, 0.25) is 0 Å². The number of ether oxygens (including phenoxy) is 1. The maximum Gasteiger partial charge on any atom is 0.325 e. The first-order chi connectivity index (χ1) is 13.1. The number of hydrogen-bond donors (Lipinski definition) is 2. The molecule has 7 heteroatoms. The van der Waals surface area contributed by atoms with Crippen molar-refractivity contribution in [2.75, 3.05) is 11.9 Å². The normalized spacial score (nSPS) is 12.4. The lowest BCUT2D eigenvalue weighted by Gasteiger charge is -2.19. The molecule has 1 unspecified atom stereocenters. The minimum absolute atomic E-state index is 0.0461. The highest BCUT2D eigenvalue weighted by molar-refractivity contribution is 5.85. The summed E-state index contributed by atoms with van der Waals surface area (Å²) in [6.07, 6.45) is 1.31. The van der Waals surface area contributed by atoms with Gasteiger partial charge in [-0.2, -0.15) is 0 Å². The van der Waals surface area contributed by atoms with E-state index in [1.54, 1.807) is 0 Å². The Kier molecular flexibility index (Phi) is 6.72. The number of primary amides is 1. The summed E-state index contributed by atoms with van der Waals surface area (Å²) < 4.78 is 5.28. The number of aromatic nitrogens is 1. The number of pyridine rings is 1. The highest BCUT2D eigenvalue weighted by atomic mass is 16.6. The monoisotopic (exact) mass is 385 g/mol. The number of carbonyl (C=O) groups is 3. The second-order valence-corrected chi connectivity index (χ2v) is 7.76. The van der Waals surface area contributed by atoms with Gasteiger partial charge in [0, 0.05) is 29.1 Å². The molecule has 150 valence electrons. The van der Waals surface area contributed by atoms with Gasteiger partial charge in [0.25, 0.3) is 0 Å². The van der Waals surface area contributed by atoms with Crippen LogP contribution in [0.5, 0.6) is 0 Å². The van der Waals surface area contributed by atoms with Crippen LogP contribution >= 0.6 is 0 Å². The van der Waals surface area contributed by atoms with E-state index >= 15 is 0 Å². The first kappa shape index (κ1) is 21.3. The first-order valence-corrected chi connectivity index (χ1v) is 9.19. The van der Waals surface area contributed by atoms with Crippen molar-refractivity contribution in [3.63, 3.8) is 0 Å². The second kappa shape index (κ2) is 8.82. The number of nitrogens with two attached hydrogens (primary N) is 1. The number of hydrogen-bond acceptors (Lipinski definition) is 6. The largest absolute Gasteiger partial charge is 0.459 e. The SMILES string of the molecule is Cc1nc2ccc(NCC(=O)OC(C)(C)C)cc2cc1C(C=O)CCC(N)=O. The maximum atomic E-state index is 11.9. The third-order valence-electron chi connectivity index (χ3n) is 4.17. The first-order valence-electron chi connectivity index (χ1n) is 9.19.